The molecular formula is C11H13N5O2. The van der Waals surface area contributed by atoms with Crippen molar-refractivity contribution in [2.45, 2.75) is 25.7 Å². The minimum atomic E-state index is -1.06. The van der Waals surface area contributed by atoms with Gasteiger partial charge < -0.3 is 10.4 Å². The van der Waals surface area contributed by atoms with Gasteiger partial charge in [0.25, 0.3) is 5.78 Å². The molecule has 0 spiro atoms. The van der Waals surface area contributed by atoms with E-state index in [-0.39, 0.29) is 5.69 Å². The Bertz CT molecular complexity index is 617. The topological polar surface area (TPSA) is 92.4 Å². The maximum absolute atomic E-state index is 11.0. The van der Waals surface area contributed by atoms with Gasteiger partial charge in [-0.2, -0.15) is 9.50 Å². The summed E-state index contributed by atoms with van der Waals surface area (Å²) in [6.07, 6.45) is 2.19. The summed E-state index contributed by atoms with van der Waals surface area (Å²) in [5.41, 5.74) is -0.0202. The van der Waals surface area contributed by atoms with Crippen LogP contribution in [0.4, 0.5) is 5.82 Å². The van der Waals surface area contributed by atoms with Crippen LogP contribution in [0.2, 0.25) is 0 Å². The van der Waals surface area contributed by atoms with Crippen LogP contribution >= 0.6 is 0 Å². The molecule has 1 aliphatic carbocycles. The van der Waals surface area contributed by atoms with Crippen LogP contribution in [-0.2, 0) is 0 Å². The molecule has 0 unspecified atom stereocenters. The van der Waals surface area contributed by atoms with E-state index in [1.807, 2.05) is 6.92 Å². The molecule has 0 saturated heterocycles. The average Bonchev–Trinajstić information content (AvgIpc) is 3.09. The molecule has 0 radical (unpaired) electrons. The molecule has 2 aromatic heterocycles. The van der Waals surface area contributed by atoms with Crippen LogP contribution in [0.5, 0.6) is 0 Å². The van der Waals surface area contributed by atoms with Gasteiger partial charge in [0.1, 0.15) is 5.82 Å². The maximum Gasteiger partial charge on any atom is 0.354 e. The van der Waals surface area contributed by atoms with Crippen molar-refractivity contribution in [3.63, 3.8) is 0 Å². The number of nitrogens with zero attached hydrogens (tertiary/aromatic N) is 4. The van der Waals surface area contributed by atoms with E-state index in [0.29, 0.717) is 24.1 Å². The summed E-state index contributed by atoms with van der Waals surface area (Å²) >= 11 is 0. The van der Waals surface area contributed by atoms with Crippen molar-refractivity contribution in [3.05, 3.63) is 17.6 Å². The van der Waals surface area contributed by atoms with Gasteiger partial charge in [0.05, 0.1) is 0 Å². The van der Waals surface area contributed by atoms with Crippen LogP contribution in [0.25, 0.3) is 5.78 Å². The normalized spacial score (nSPS) is 14.9. The predicted molar refractivity (Wildman–Crippen MR) is 63.9 cm³/mol. The molecule has 94 valence electrons. The van der Waals surface area contributed by atoms with Crippen molar-refractivity contribution in [1.29, 1.82) is 0 Å². The Morgan fingerprint density at radius 3 is 2.94 bits per heavy atom. The number of hydrogen-bond acceptors (Lipinski definition) is 5. The summed E-state index contributed by atoms with van der Waals surface area (Å²) in [5.74, 6) is 1.05. The lowest BCUT2D eigenvalue weighted by atomic mass is 10.4. The SMILES string of the molecule is CCNc1cc(C(=O)O)nc2nc(C3CC3)nn12. The van der Waals surface area contributed by atoms with E-state index in [0.717, 1.165) is 18.7 Å². The van der Waals surface area contributed by atoms with Gasteiger partial charge in [0.2, 0.25) is 0 Å². The Hall–Kier alpha value is -2.18. The summed E-state index contributed by atoms with van der Waals surface area (Å²) in [7, 11) is 0. The van der Waals surface area contributed by atoms with Gasteiger partial charge in [0.15, 0.2) is 11.5 Å². The second-order valence-corrected chi connectivity index (χ2v) is 4.32. The molecule has 7 heteroatoms. The van der Waals surface area contributed by atoms with Crippen LogP contribution in [0, 0.1) is 0 Å². The van der Waals surface area contributed by atoms with E-state index in [1.54, 1.807) is 4.52 Å². The van der Waals surface area contributed by atoms with Crippen LogP contribution in [-0.4, -0.2) is 37.2 Å². The zero-order valence-electron chi connectivity index (χ0n) is 9.92. The zero-order valence-corrected chi connectivity index (χ0v) is 9.92. The Balaban J connectivity index is 2.16. The molecule has 0 amide bonds. The number of carboxylic acids is 1. The van der Waals surface area contributed by atoms with Gasteiger partial charge >= 0.3 is 5.97 Å². The molecule has 0 atom stereocenters. The van der Waals surface area contributed by atoms with Crippen molar-refractivity contribution in [2.75, 3.05) is 11.9 Å². The second kappa shape index (κ2) is 3.94. The number of carbonyl (C=O) groups is 1. The van der Waals surface area contributed by atoms with E-state index in [2.05, 4.69) is 20.4 Å². The molecule has 2 N–H and O–H groups in total. The molecule has 0 bridgehead atoms. The number of rotatable bonds is 4. The first-order valence-corrected chi connectivity index (χ1v) is 5.94. The van der Waals surface area contributed by atoms with E-state index in [1.165, 1.54) is 6.07 Å². The third-order valence-corrected chi connectivity index (χ3v) is 2.85. The van der Waals surface area contributed by atoms with Crippen molar-refractivity contribution in [3.8, 4) is 0 Å². The van der Waals surface area contributed by atoms with Gasteiger partial charge in [-0.1, -0.05) is 0 Å². The van der Waals surface area contributed by atoms with Gasteiger partial charge in [-0.3, -0.25) is 0 Å². The number of aromatic carboxylic acids is 1. The molecule has 1 aliphatic rings. The molecule has 7 nitrogen and oxygen atoms in total. The number of fused-ring (bicyclic) bond motifs is 1. The van der Waals surface area contributed by atoms with Gasteiger partial charge in [-0.15, -0.1) is 5.10 Å². The van der Waals surface area contributed by atoms with Gasteiger partial charge in [0, 0.05) is 18.5 Å². The van der Waals surface area contributed by atoms with Crippen LogP contribution in [0.1, 0.15) is 42.0 Å². The summed E-state index contributed by atoms with van der Waals surface area (Å²) in [4.78, 5) is 19.3. The largest absolute Gasteiger partial charge is 0.477 e. The summed E-state index contributed by atoms with van der Waals surface area (Å²) < 4.78 is 1.57. The van der Waals surface area contributed by atoms with E-state index < -0.39 is 5.97 Å². The van der Waals surface area contributed by atoms with Crippen molar-refractivity contribution < 1.29 is 9.90 Å². The average molecular weight is 247 g/mol. The zero-order chi connectivity index (χ0) is 12.7. The van der Waals surface area contributed by atoms with E-state index >= 15 is 0 Å². The fourth-order valence-corrected chi connectivity index (χ4v) is 1.82. The quantitative estimate of drug-likeness (QED) is 0.841. The molecule has 0 aliphatic heterocycles. The minimum absolute atomic E-state index is 0.0202. The van der Waals surface area contributed by atoms with Crippen LogP contribution < -0.4 is 5.32 Å². The lowest BCUT2D eigenvalue weighted by Gasteiger charge is -2.05. The Morgan fingerprint density at radius 1 is 1.56 bits per heavy atom. The Kier molecular flexibility index (Phi) is 2.39. The Morgan fingerprint density at radius 2 is 2.33 bits per heavy atom. The first-order valence-electron chi connectivity index (χ1n) is 5.94. The molecule has 2 heterocycles. The summed E-state index contributed by atoms with van der Waals surface area (Å²) in [5, 5.41) is 16.5. The molecule has 1 fully saturated rings. The standard InChI is InChI=1S/C11H13N5O2/c1-2-12-8-5-7(10(17)18)13-11-14-9(6-3-4-6)15-16(8)11/h5-6,12H,2-4H2,1H3,(H,17,18). The predicted octanol–water partition coefficient (Wildman–Crippen LogP) is 1.13. The Labute approximate surface area is 103 Å². The molecule has 2 aromatic rings. The highest BCUT2D eigenvalue weighted by Gasteiger charge is 2.28. The van der Waals surface area contributed by atoms with E-state index in [4.69, 9.17) is 5.11 Å². The fraction of sp³-hybridized carbons (Fsp3) is 0.455. The van der Waals surface area contributed by atoms with E-state index in [9.17, 15) is 4.79 Å². The third-order valence-electron chi connectivity index (χ3n) is 2.85. The highest BCUT2D eigenvalue weighted by atomic mass is 16.4. The summed E-state index contributed by atoms with van der Waals surface area (Å²) in [6.45, 7) is 2.61. The molecule has 18 heavy (non-hydrogen) atoms. The number of carboxylic acid groups (broad SMARTS) is 1. The van der Waals surface area contributed by atoms with Crippen molar-refractivity contribution >= 4 is 17.6 Å². The van der Waals surface area contributed by atoms with Crippen LogP contribution in [0.3, 0.4) is 0 Å². The number of hydrogen-bond donors (Lipinski definition) is 2. The number of aromatic nitrogens is 4. The minimum Gasteiger partial charge on any atom is -0.477 e. The molecule has 1 saturated carbocycles. The fourth-order valence-electron chi connectivity index (χ4n) is 1.82. The molecular weight excluding hydrogens is 234 g/mol. The van der Waals surface area contributed by atoms with Crippen molar-refractivity contribution in [2.24, 2.45) is 0 Å². The lowest BCUT2D eigenvalue weighted by molar-refractivity contribution is 0.0690. The maximum atomic E-state index is 11.0. The number of nitrogens with one attached hydrogen (secondary N) is 1. The van der Waals surface area contributed by atoms with Gasteiger partial charge in [-0.05, 0) is 19.8 Å². The third kappa shape index (κ3) is 1.77. The van der Waals surface area contributed by atoms with Crippen LogP contribution in [0.15, 0.2) is 6.07 Å². The molecule has 3 rings (SSSR count). The second-order valence-electron chi connectivity index (χ2n) is 4.32. The number of anilines is 1. The van der Waals surface area contributed by atoms with Gasteiger partial charge in [-0.25, -0.2) is 9.78 Å². The van der Waals surface area contributed by atoms with Crippen molar-refractivity contribution in [1.82, 2.24) is 19.6 Å². The first-order chi connectivity index (χ1) is 8.69. The highest BCUT2D eigenvalue weighted by Crippen LogP contribution is 2.38. The lowest BCUT2D eigenvalue weighted by Crippen LogP contribution is -2.09. The smallest absolute Gasteiger partial charge is 0.354 e. The summed E-state index contributed by atoms with van der Waals surface area (Å²) in [6, 6.07) is 1.48. The monoisotopic (exact) mass is 247 g/mol. The first kappa shape index (κ1) is 10.9. The highest BCUT2D eigenvalue weighted by molar-refractivity contribution is 5.86. The molecule has 0 aromatic carbocycles.